The predicted molar refractivity (Wildman–Crippen MR) is 157 cm³/mol. The first-order chi connectivity index (χ1) is 18.3. The molecule has 1 fully saturated rings. The number of piperidine rings is 1. The van der Waals surface area contributed by atoms with Gasteiger partial charge in [-0.1, -0.05) is 50.9 Å². The first-order valence-electron chi connectivity index (χ1n) is 13.3. The normalized spacial score (nSPS) is 15.7. The van der Waals surface area contributed by atoms with E-state index < -0.39 is 20.2 Å². The van der Waals surface area contributed by atoms with Crippen molar-refractivity contribution in [3.8, 4) is 0 Å². The summed E-state index contributed by atoms with van der Waals surface area (Å²) in [7, 11) is -2.04. The average Bonchev–Trinajstić information content (AvgIpc) is 2.86. The van der Waals surface area contributed by atoms with Crippen LogP contribution in [-0.4, -0.2) is 66.5 Å². The molecule has 2 aromatic heterocycles. The van der Waals surface area contributed by atoms with Gasteiger partial charge in [0.2, 0.25) is 0 Å². The number of carboxylic acids is 1. The molecule has 3 rings (SSSR count). The molecule has 1 atom stereocenters. The molecule has 0 spiro atoms. The van der Waals surface area contributed by atoms with Gasteiger partial charge in [-0.3, -0.25) is 9.59 Å². The number of carbonyl (C=O) groups is 2. The highest BCUT2D eigenvalue weighted by atomic mass is 35.5. The first kappa shape index (κ1) is 31.3. The van der Waals surface area contributed by atoms with Gasteiger partial charge in [0.15, 0.2) is 8.32 Å². The monoisotopic (exact) mass is 595 g/mol. The van der Waals surface area contributed by atoms with Crippen LogP contribution in [-0.2, 0) is 9.22 Å². The van der Waals surface area contributed by atoms with Crippen molar-refractivity contribution in [2.24, 2.45) is 11.8 Å². The quantitative estimate of drug-likeness (QED) is 0.256. The van der Waals surface area contributed by atoms with Gasteiger partial charge < -0.3 is 19.3 Å². The van der Waals surface area contributed by atoms with E-state index in [1.807, 2.05) is 19.1 Å². The molecule has 0 aliphatic carbocycles. The van der Waals surface area contributed by atoms with Crippen molar-refractivity contribution in [3.05, 3.63) is 40.5 Å². The van der Waals surface area contributed by atoms with Gasteiger partial charge in [0.1, 0.15) is 28.0 Å². The van der Waals surface area contributed by atoms with Crippen LogP contribution in [0.2, 0.25) is 28.4 Å². The molecule has 12 heteroatoms. The van der Waals surface area contributed by atoms with Crippen LogP contribution in [0.15, 0.2) is 24.7 Å². The highest BCUT2D eigenvalue weighted by Gasteiger charge is 2.37. The van der Waals surface area contributed by atoms with E-state index in [0.29, 0.717) is 18.7 Å². The Balaban J connectivity index is 1.80. The molecule has 1 aliphatic rings. The number of pyridine rings is 1. The van der Waals surface area contributed by atoms with Crippen molar-refractivity contribution < 1.29 is 19.1 Å². The fourth-order valence-electron chi connectivity index (χ4n) is 4.58. The lowest BCUT2D eigenvalue weighted by Crippen LogP contribution is -2.43. The SMILES string of the molecule is CCC(C(=O)O)C1CCN(c2ccc(N(CCO[Si](C)(C)C(C)(C)C)C(=O)c3c(Cl)ncnc3Cl)cn2)CC1. The largest absolute Gasteiger partial charge is 0.481 e. The molecule has 214 valence electrons. The third kappa shape index (κ3) is 7.48. The lowest BCUT2D eigenvalue weighted by Gasteiger charge is -2.37. The van der Waals surface area contributed by atoms with Crippen LogP contribution >= 0.6 is 23.2 Å². The number of halogens is 2. The number of nitrogens with zero attached hydrogens (tertiary/aromatic N) is 5. The summed E-state index contributed by atoms with van der Waals surface area (Å²) in [4.78, 5) is 41.5. The van der Waals surface area contributed by atoms with Crippen LogP contribution in [0.3, 0.4) is 0 Å². The van der Waals surface area contributed by atoms with Crippen LogP contribution in [0.5, 0.6) is 0 Å². The predicted octanol–water partition coefficient (Wildman–Crippen LogP) is 6.17. The number of aliphatic carboxylic acids is 1. The summed E-state index contributed by atoms with van der Waals surface area (Å²) >= 11 is 12.5. The van der Waals surface area contributed by atoms with Crippen LogP contribution in [0, 0.1) is 11.8 Å². The summed E-state index contributed by atoms with van der Waals surface area (Å²) in [5, 5.41) is 9.50. The number of rotatable bonds is 10. The molecule has 0 bridgehead atoms. The lowest BCUT2D eigenvalue weighted by molar-refractivity contribution is -0.144. The second-order valence-corrected chi connectivity index (χ2v) is 17.0. The highest BCUT2D eigenvalue weighted by Crippen LogP contribution is 2.37. The van der Waals surface area contributed by atoms with E-state index >= 15 is 0 Å². The molecule has 2 aromatic rings. The van der Waals surface area contributed by atoms with Crippen LogP contribution in [0.25, 0.3) is 0 Å². The van der Waals surface area contributed by atoms with Crippen LogP contribution in [0.1, 0.15) is 57.3 Å². The Morgan fingerprint density at radius 3 is 2.26 bits per heavy atom. The van der Waals surface area contributed by atoms with E-state index in [9.17, 15) is 14.7 Å². The molecule has 1 unspecified atom stereocenters. The molecular weight excluding hydrogens is 557 g/mol. The number of aromatic nitrogens is 3. The molecule has 0 radical (unpaired) electrons. The molecule has 3 heterocycles. The van der Waals surface area contributed by atoms with Crippen molar-refractivity contribution in [3.63, 3.8) is 0 Å². The molecule has 0 aromatic carbocycles. The maximum atomic E-state index is 13.7. The summed E-state index contributed by atoms with van der Waals surface area (Å²) in [6.45, 7) is 14.8. The van der Waals surface area contributed by atoms with E-state index in [2.05, 4.69) is 53.7 Å². The van der Waals surface area contributed by atoms with Gasteiger partial charge in [0.05, 0.1) is 24.4 Å². The number of hydrogen-bond donors (Lipinski definition) is 1. The smallest absolute Gasteiger partial charge is 0.306 e. The molecule has 9 nitrogen and oxygen atoms in total. The van der Waals surface area contributed by atoms with E-state index in [1.165, 1.54) is 6.33 Å². The number of anilines is 2. The van der Waals surface area contributed by atoms with Crippen LogP contribution < -0.4 is 9.80 Å². The van der Waals surface area contributed by atoms with E-state index in [0.717, 1.165) is 31.7 Å². The zero-order valence-corrected chi connectivity index (χ0v) is 26.1. The van der Waals surface area contributed by atoms with Gasteiger partial charge in [0, 0.05) is 19.6 Å². The number of carbonyl (C=O) groups excluding carboxylic acids is 1. The zero-order valence-electron chi connectivity index (χ0n) is 23.6. The second kappa shape index (κ2) is 12.9. The molecule has 1 aliphatic heterocycles. The Bertz CT molecular complexity index is 1130. The minimum absolute atomic E-state index is 0.0190. The van der Waals surface area contributed by atoms with Gasteiger partial charge in [0.25, 0.3) is 5.91 Å². The summed E-state index contributed by atoms with van der Waals surface area (Å²) in [6, 6.07) is 3.72. The van der Waals surface area contributed by atoms with Crippen LogP contribution in [0.4, 0.5) is 11.5 Å². The Morgan fingerprint density at radius 1 is 1.15 bits per heavy atom. The highest BCUT2D eigenvalue weighted by molar-refractivity contribution is 6.74. The Labute approximate surface area is 242 Å². The Morgan fingerprint density at radius 2 is 1.77 bits per heavy atom. The van der Waals surface area contributed by atoms with Gasteiger partial charge in [-0.2, -0.15) is 0 Å². The van der Waals surface area contributed by atoms with E-state index in [-0.39, 0.29) is 39.3 Å². The number of hydrogen-bond acceptors (Lipinski definition) is 7. The molecular formula is C27H39Cl2N5O4Si. The summed E-state index contributed by atoms with van der Waals surface area (Å²) in [5.41, 5.74) is 0.605. The van der Waals surface area contributed by atoms with Crippen molar-refractivity contribution in [1.82, 2.24) is 15.0 Å². The fraction of sp³-hybridized carbons (Fsp3) is 0.593. The maximum Gasteiger partial charge on any atom is 0.306 e. The van der Waals surface area contributed by atoms with Gasteiger partial charge in [-0.25, -0.2) is 15.0 Å². The third-order valence-corrected chi connectivity index (χ3v) is 13.1. The Hall–Kier alpha value is -2.27. The topological polar surface area (TPSA) is 109 Å². The third-order valence-electron chi connectivity index (χ3n) is 8.03. The number of amides is 1. The summed E-state index contributed by atoms with van der Waals surface area (Å²) in [5.74, 6) is -0.510. The Kier molecular flexibility index (Phi) is 10.4. The minimum atomic E-state index is -2.04. The standard InChI is InChI=1S/C27H39Cl2N5O4Si/c1-7-20(26(36)37)18-10-12-33(13-11-18)21-9-8-19(16-30-21)34(14-15-38-39(5,6)27(2,3)4)25(35)22-23(28)31-17-32-24(22)29/h8-9,16-18,20H,7,10-15H2,1-6H3,(H,36,37). The van der Waals surface area contributed by atoms with E-state index in [4.69, 9.17) is 27.6 Å². The van der Waals surface area contributed by atoms with Crippen molar-refractivity contribution in [1.29, 1.82) is 0 Å². The van der Waals surface area contributed by atoms with Gasteiger partial charge in [-0.05, 0) is 55.4 Å². The lowest BCUT2D eigenvalue weighted by atomic mass is 9.83. The molecule has 1 saturated heterocycles. The first-order valence-corrected chi connectivity index (χ1v) is 17.0. The fourth-order valence-corrected chi connectivity index (χ4v) is 6.09. The van der Waals surface area contributed by atoms with Crippen molar-refractivity contribution >= 4 is 54.9 Å². The molecule has 1 amide bonds. The summed E-state index contributed by atoms with van der Waals surface area (Å²) in [6.07, 6.45) is 5.11. The number of carboxylic acid groups (broad SMARTS) is 1. The van der Waals surface area contributed by atoms with Crippen molar-refractivity contribution in [2.75, 3.05) is 36.0 Å². The molecule has 1 N–H and O–H groups in total. The second-order valence-electron chi connectivity index (χ2n) is 11.4. The van der Waals surface area contributed by atoms with E-state index in [1.54, 1.807) is 11.1 Å². The van der Waals surface area contributed by atoms with Gasteiger partial charge >= 0.3 is 5.97 Å². The van der Waals surface area contributed by atoms with Gasteiger partial charge in [-0.15, -0.1) is 0 Å². The molecule has 0 saturated carbocycles. The zero-order chi connectivity index (χ0) is 29.0. The summed E-state index contributed by atoms with van der Waals surface area (Å²) < 4.78 is 6.34. The minimum Gasteiger partial charge on any atom is -0.481 e. The maximum absolute atomic E-state index is 13.7. The average molecular weight is 597 g/mol. The molecule has 39 heavy (non-hydrogen) atoms. The van der Waals surface area contributed by atoms with Crippen molar-refractivity contribution in [2.45, 2.75) is 65.1 Å².